The Balaban J connectivity index is 1.26. The van der Waals surface area contributed by atoms with E-state index in [1.807, 2.05) is 18.2 Å². The Hall–Kier alpha value is -3.36. The Labute approximate surface area is 174 Å². The topological polar surface area (TPSA) is 94.4 Å². The minimum Gasteiger partial charge on any atom is -0.461 e. The molecule has 0 aliphatic carbocycles. The van der Waals surface area contributed by atoms with Gasteiger partial charge in [-0.1, -0.05) is 6.07 Å². The second kappa shape index (κ2) is 9.43. The number of aliphatic imine (C=N–C) groups is 1. The average molecular weight is 411 g/mol. The first-order chi connectivity index (χ1) is 14.7. The summed E-state index contributed by atoms with van der Waals surface area (Å²) in [6.07, 6.45) is 4.36. The zero-order valence-electron chi connectivity index (χ0n) is 16.9. The third-order valence-corrected chi connectivity index (χ3v) is 5.09. The summed E-state index contributed by atoms with van der Waals surface area (Å²) in [5, 5.41) is 13.9. The van der Waals surface area contributed by atoms with E-state index in [9.17, 15) is 4.39 Å². The van der Waals surface area contributed by atoms with Gasteiger partial charge >= 0.3 is 0 Å². The molecule has 1 aliphatic heterocycles. The summed E-state index contributed by atoms with van der Waals surface area (Å²) < 4.78 is 18.9. The van der Waals surface area contributed by atoms with Crippen molar-refractivity contribution in [3.63, 3.8) is 0 Å². The molecule has 9 heteroatoms. The molecule has 1 atom stereocenters. The zero-order valence-corrected chi connectivity index (χ0v) is 16.9. The molecule has 1 unspecified atom stereocenters. The van der Waals surface area contributed by atoms with Gasteiger partial charge in [-0.2, -0.15) is 5.10 Å². The molecular formula is C21H26FN7O. The van der Waals surface area contributed by atoms with E-state index >= 15 is 0 Å². The van der Waals surface area contributed by atoms with Crippen molar-refractivity contribution in [2.24, 2.45) is 4.99 Å². The third kappa shape index (κ3) is 4.97. The maximum absolute atomic E-state index is 13.6. The molecule has 0 bridgehead atoms. The number of hydrogen-bond donors (Lipinski definition) is 3. The summed E-state index contributed by atoms with van der Waals surface area (Å²) in [5.74, 6) is 2.51. The summed E-state index contributed by atoms with van der Waals surface area (Å²) in [6, 6.07) is 10.6. The third-order valence-electron chi connectivity index (χ3n) is 5.09. The van der Waals surface area contributed by atoms with Gasteiger partial charge < -0.3 is 20.0 Å². The maximum atomic E-state index is 13.6. The second-order valence-corrected chi connectivity index (χ2v) is 7.24. The highest BCUT2D eigenvalue weighted by molar-refractivity contribution is 5.80. The number of aromatic amines is 1. The van der Waals surface area contributed by atoms with Crippen LogP contribution in [0, 0.1) is 5.82 Å². The first-order valence-electron chi connectivity index (χ1n) is 10.1. The van der Waals surface area contributed by atoms with Crippen LogP contribution in [0.4, 0.5) is 10.1 Å². The smallest absolute Gasteiger partial charge is 0.216 e. The highest BCUT2D eigenvalue weighted by Crippen LogP contribution is 2.20. The number of nitrogens with zero attached hydrogens (tertiary/aromatic N) is 4. The predicted octanol–water partition coefficient (Wildman–Crippen LogP) is 2.58. The molecule has 0 radical (unpaired) electrons. The van der Waals surface area contributed by atoms with Crippen molar-refractivity contribution in [3.05, 3.63) is 54.3 Å². The van der Waals surface area contributed by atoms with Gasteiger partial charge in [0.05, 0.1) is 6.26 Å². The van der Waals surface area contributed by atoms with Crippen LogP contribution < -0.4 is 15.5 Å². The number of hydrogen-bond acceptors (Lipinski definition) is 5. The molecule has 1 fully saturated rings. The standard InChI is InChI=1S/C21H26FN7O/c1-23-21(24-10-9-19-26-20(28-27-19)18-8-4-12-30-18)25-16-6-3-11-29(14-16)17-7-2-5-15(22)13-17/h2,4-5,7-8,12-13,16H,3,6,9-11,14H2,1H3,(H2,23,24,25)(H,26,27,28). The summed E-state index contributed by atoms with van der Waals surface area (Å²) in [7, 11) is 1.76. The van der Waals surface area contributed by atoms with Crippen LogP contribution in [0.5, 0.6) is 0 Å². The van der Waals surface area contributed by atoms with Crippen molar-refractivity contribution in [2.45, 2.75) is 25.3 Å². The van der Waals surface area contributed by atoms with Crippen LogP contribution in [-0.4, -0.2) is 53.9 Å². The Morgan fingerprint density at radius 1 is 1.37 bits per heavy atom. The van der Waals surface area contributed by atoms with Crippen LogP contribution in [-0.2, 0) is 6.42 Å². The lowest BCUT2D eigenvalue weighted by Gasteiger charge is -2.35. The van der Waals surface area contributed by atoms with Crippen molar-refractivity contribution in [1.82, 2.24) is 25.8 Å². The van der Waals surface area contributed by atoms with Gasteiger partial charge in [0.25, 0.3) is 0 Å². The molecule has 4 rings (SSSR count). The van der Waals surface area contributed by atoms with Gasteiger partial charge in [0.15, 0.2) is 11.7 Å². The van der Waals surface area contributed by atoms with Crippen molar-refractivity contribution < 1.29 is 8.81 Å². The van der Waals surface area contributed by atoms with Crippen LogP contribution in [0.3, 0.4) is 0 Å². The molecule has 30 heavy (non-hydrogen) atoms. The van der Waals surface area contributed by atoms with Crippen LogP contribution in [0.15, 0.2) is 52.1 Å². The van der Waals surface area contributed by atoms with E-state index in [-0.39, 0.29) is 11.9 Å². The number of rotatable bonds is 6. The van der Waals surface area contributed by atoms with E-state index < -0.39 is 0 Å². The molecule has 0 amide bonds. The number of H-pyrrole nitrogens is 1. The van der Waals surface area contributed by atoms with Crippen LogP contribution in [0.2, 0.25) is 0 Å². The molecule has 1 aliphatic rings. The van der Waals surface area contributed by atoms with Gasteiger partial charge in [-0.3, -0.25) is 10.1 Å². The SMILES string of the molecule is CN=C(NCCc1nc(-c2ccco2)n[nH]1)NC1CCCN(c2cccc(F)c2)C1. The number of anilines is 1. The van der Waals surface area contributed by atoms with E-state index in [4.69, 9.17) is 4.42 Å². The maximum Gasteiger partial charge on any atom is 0.216 e. The van der Waals surface area contributed by atoms with Gasteiger partial charge in [-0.15, -0.1) is 0 Å². The normalized spacial score (nSPS) is 17.2. The molecule has 0 spiro atoms. The number of nitrogens with one attached hydrogen (secondary N) is 3. The van der Waals surface area contributed by atoms with Crippen molar-refractivity contribution in [2.75, 3.05) is 31.6 Å². The Bertz CT molecular complexity index is 969. The summed E-state index contributed by atoms with van der Waals surface area (Å²) in [5.41, 5.74) is 0.919. The molecule has 1 saturated heterocycles. The minimum atomic E-state index is -0.206. The predicted molar refractivity (Wildman–Crippen MR) is 114 cm³/mol. The van der Waals surface area contributed by atoms with Crippen LogP contribution in [0.1, 0.15) is 18.7 Å². The molecule has 1 aromatic carbocycles. The minimum absolute atomic E-state index is 0.206. The number of benzene rings is 1. The zero-order chi connectivity index (χ0) is 20.8. The van der Waals surface area contributed by atoms with E-state index in [0.29, 0.717) is 24.6 Å². The van der Waals surface area contributed by atoms with Gasteiger partial charge in [-0.25, -0.2) is 9.37 Å². The highest BCUT2D eigenvalue weighted by Gasteiger charge is 2.21. The van der Waals surface area contributed by atoms with E-state index in [1.54, 1.807) is 25.4 Å². The van der Waals surface area contributed by atoms with Crippen LogP contribution >= 0.6 is 0 Å². The fourth-order valence-corrected chi connectivity index (χ4v) is 3.61. The first-order valence-corrected chi connectivity index (χ1v) is 10.1. The number of furan rings is 1. The number of halogens is 1. The molecule has 3 heterocycles. The van der Waals surface area contributed by atoms with E-state index in [1.165, 1.54) is 6.07 Å². The molecule has 0 saturated carbocycles. The van der Waals surface area contributed by atoms with Crippen molar-refractivity contribution in [1.29, 1.82) is 0 Å². The molecule has 8 nitrogen and oxygen atoms in total. The summed E-state index contributed by atoms with van der Waals surface area (Å²) in [6.45, 7) is 2.39. The van der Waals surface area contributed by atoms with E-state index in [2.05, 4.69) is 35.7 Å². The quantitative estimate of drug-likeness (QED) is 0.426. The summed E-state index contributed by atoms with van der Waals surface area (Å²) in [4.78, 5) is 11.0. The second-order valence-electron chi connectivity index (χ2n) is 7.24. The Morgan fingerprint density at radius 3 is 3.10 bits per heavy atom. The lowest BCUT2D eigenvalue weighted by molar-refractivity contribution is 0.467. The molecule has 2 aromatic heterocycles. The molecule has 3 aromatic rings. The van der Waals surface area contributed by atoms with Gasteiger partial charge in [0.1, 0.15) is 11.6 Å². The lowest BCUT2D eigenvalue weighted by atomic mass is 10.0. The van der Waals surface area contributed by atoms with Crippen LogP contribution in [0.25, 0.3) is 11.6 Å². The van der Waals surface area contributed by atoms with Gasteiger partial charge in [-0.05, 0) is 43.2 Å². The van der Waals surface area contributed by atoms with Gasteiger partial charge in [0, 0.05) is 44.8 Å². The molecular weight excluding hydrogens is 385 g/mol. The fraction of sp³-hybridized carbons (Fsp3) is 0.381. The average Bonchev–Trinajstić information content (AvgIpc) is 3.45. The van der Waals surface area contributed by atoms with Crippen molar-refractivity contribution >= 4 is 11.6 Å². The first kappa shape index (κ1) is 19.9. The summed E-state index contributed by atoms with van der Waals surface area (Å²) >= 11 is 0. The Morgan fingerprint density at radius 2 is 2.30 bits per heavy atom. The largest absolute Gasteiger partial charge is 0.461 e. The number of guanidine groups is 1. The number of piperidine rings is 1. The van der Waals surface area contributed by atoms with Crippen molar-refractivity contribution in [3.8, 4) is 11.6 Å². The molecule has 3 N–H and O–H groups in total. The highest BCUT2D eigenvalue weighted by atomic mass is 19.1. The monoisotopic (exact) mass is 411 g/mol. The Kier molecular flexibility index (Phi) is 6.26. The number of aromatic nitrogens is 3. The lowest BCUT2D eigenvalue weighted by Crippen LogP contribution is -2.51. The van der Waals surface area contributed by atoms with E-state index in [0.717, 1.165) is 43.4 Å². The van der Waals surface area contributed by atoms with Gasteiger partial charge in [0.2, 0.25) is 5.82 Å². The molecule has 158 valence electrons. The fourth-order valence-electron chi connectivity index (χ4n) is 3.61.